The summed E-state index contributed by atoms with van der Waals surface area (Å²) in [5.41, 5.74) is 3.56. The lowest BCUT2D eigenvalue weighted by molar-refractivity contribution is -0.384. The summed E-state index contributed by atoms with van der Waals surface area (Å²) in [6, 6.07) is 6.59. The molecular weight excluding hydrogens is 266 g/mol. The fraction of sp³-hybridized carbons (Fsp3) is 0.364. The summed E-state index contributed by atoms with van der Waals surface area (Å²) in [6.45, 7) is 3.17. The van der Waals surface area contributed by atoms with Gasteiger partial charge in [-0.2, -0.15) is 0 Å². The van der Waals surface area contributed by atoms with Crippen LogP contribution >= 0.6 is 12.2 Å². The average molecular weight is 281 g/mol. The Balaban J connectivity index is 1.97. The normalized spacial score (nSPS) is 15.2. The Bertz CT molecular complexity index is 470. The maximum Gasteiger partial charge on any atom is 0.269 e. The predicted molar refractivity (Wildman–Crippen MR) is 76.8 cm³/mol. The Morgan fingerprint density at radius 3 is 2.32 bits per heavy atom. The van der Waals surface area contributed by atoms with Crippen LogP contribution in [0.4, 0.5) is 11.4 Å². The zero-order valence-electron chi connectivity index (χ0n) is 10.3. The van der Waals surface area contributed by atoms with Gasteiger partial charge in [0.25, 0.3) is 5.69 Å². The van der Waals surface area contributed by atoms with Crippen molar-refractivity contribution in [2.75, 3.05) is 31.1 Å². The molecule has 1 aromatic carbocycles. The van der Waals surface area contributed by atoms with E-state index >= 15 is 0 Å². The first-order valence-corrected chi connectivity index (χ1v) is 6.27. The second kappa shape index (κ2) is 5.81. The van der Waals surface area contributed by atoms with Gasteiger partial charge in [-0.1, -0.05) is 0 Å². The van der Waals surface area contributed by atoms with Crippen LogP contribution in [0.15, 0.2) is 24.3 Å². The van der Waals surface area contributed by atoms with Gasteiger partial charge in [-0.3, -0.25) is 10.1 Å². The minimum absolute atomic E-state index is 0.107. The molecule has 0 atom stereocenters. The van der Waals surface area contributed by atoms with E-state index in [2.05, 4.69) is 10.3 Å². The van der Waals surface area contributed by atoms with E-state index in [9.17, 15) is 10.1 Å². The fourth-order valence-corrected chi connectivity index (χ4v) is 2.23. The number of hydrogen-bond donors (Lipinski definition) is 2. The van der Waals surface area contributed by atoms with E-state index in [0.717, 1.165) is 31.9 Å². The number of anilines is 1. The topological polar surface area (TPSA) is 87.7 Å². The summed E-state index contributed by atoms with van der Waals surface area (Å²) in [5, 5.41) is 11.1. The number of nitrogens with one attached hydrogen (secondary N) is 1. The Hall–Kier alpha value is -1.93. The second-order valence-electron chi connectivity index (χ2n) is 4.20. The smallest absolute Gasteiger partial charge is 0.269 e. The first-order valence-electron chi connectivity index (χ1n) is 5.87. The van der Waals surface area contributed by atoms with Crippen LogP contribution in [0.1, 0.15) is 0 Å². The molecule has 3 N–H and O–H groups in total. The van der Waals surface area contributed by atoms with E-state index in [1.807, 2.05) is 4.90 Å². The Labute approximate surface area is 116 Å². The summed E-state index contributed by atoms with van der Waals surface area (Å²) in [4.78, 5) is 14.4. The van der Waals surface area contributed by atoms with Crippen molar-refractivity contribution in [3.05, 3.63) is 34.4 Å². The second-order valence-corrected chi connectivity index (χ2v) is 4.58. The van der Waals surface area contributed by atoms with Crippen LogP contribution in [-0.2, 0) is 0 Å². The van der Waals surface area contributed by atoms with Gasteiger partial charge in [-0.25, -0.2) is 5.84 Å². The molecule has 8 heteroatoms. The van der Waals surface area contributed by atoms with E-state index in [-0.39, 0.29) is 5.69 Å². The van der Waals surface area contributed by atoms with Crippen molar-refractivity contribution in [2.24, 2.45) is 5.84 Å². The molecule has 7 nitrogen and oxygen atoms in total. The summed E-state index contributed by atoms with van der Waals surface area (Å²) >= 11 is 5.07. The minimum Gasteiger partial charge on any atom is -0.368 e. The molecule has 1 heterocycles. The molecule has 1 aromatic rings. The van der Waals surface area contributed by atoms with Gasteiger partial charge in [0.1, 0.15) is 0 Å². The third-order valence-electron chi connectivity index (χ3n) is 3.12. The molecule has 0 amide bonds. The number of nitrogens with two attached hydrogens (primary N) is 1. The molecule has 19 heavy (non-hydrogen) atoms. The molecule has 1 aliphatic rings. The van der Waals surface area contributed by atoms with Gasteiger partial charge in [-0.15, -0.1) is 0 Å². The van der Waals surface area contributed by atoms with Gasteiger partial charge in [0, 0.05) is 44.0 Å². The molecule has 1 aliphatic heterocycles. The maximum absolute atomic E-state index is 10.6. The Kier molecular flexibility index (Phi) is 4.13. The molecule has 0 saturated carbocycles. The van der Waals surface area contributed by atoms with Crippen LogP contribution in [0, 0.1) is 10.1 Å². The minimum atomic E-state index is -0.396. The van der Waals surface area contributed by atoms with Gasteiger partial charge < -0.3 is 15.2 Å². The van der Waals surface area contributed by atoms with Crippen molar-refractivity contribution >= 4 is 28.7 Å². The lowest BCUT2D eigenvalue weighted by atomic mass is 10.2. The monoisotopic (exact) mass is 281 g/mol. The van der Waals surface area contributed by atoms with Crippen LogP contribution in [-0.4, -0.2) is 41.1 Å². The number of benzene rings is 1. The van der Waals surface area contributed by atoms with E-state index < -0.39 is 4.92 Å². The zero-order valence-corrected chi connectivity index (χ0v) is 11.1. The number of hydrogen-bond acceptors (Lipinski definition) is 5. The predicted octanol–water partition coefficient (Wildman–Crippen LogP) is 0.465. The molecule has 0 radical (unpaired) electrons. The number of rotatable bonds is 2. The molecule has 1 saturated heterocycles. The van der Waals surface area contributed by atoms with Gasteiger partial charge in [0.2, 0.25) is 0 Å². The highest BCUT2D eigenvalue weighted by Crippen LogP contribution is 2.20. The summed E-state index contributed by atoms with van der Waals surface area (Å²) in [7, 11) is 0. The van der Waals surface area contributed by atoms with E-state index in [1.165, 1.54) is 12.1 Å². The van der Waals surface area contributed by atoms with Crippen molar-refractivity contribution in [1.82, 2.24) is 10.3 Å². The highest BCUT2D eigenvalue weighted by Gasteiger charge is 2.19. The van der Waals surface area contributed by atoms with Gasteiger partial charge in [0.05, 0.1) is 4.92 Å². The first kappa shape index (κ1) is 13.5. The molecule has 0 unspecified atom stereocenters. The van der Waals surface area contributed by atoms with E-state index in [4.69, 9.17) is 18.1 Å². The number of thiocarbonyl (C=S) groups is 1. The van der Waals surface area contributed by atoms with Crippen molar-refractivity contribution in [1.29, 1.82) is 0 Å². The molecule has 102 valence electrons. The fourth-order valence-electron chi connectivity index (χ4n) is 2.04. The van der Waals surface area contributed by atoms with Crippen LogP contribution in [0.25, 0.3) is 0 Å². The number of nitrogens with zero attached hydrogens (tertiary/aromatic N) is 3. The molecule has 1 fully saturated rings. The molecule has 0 bridgehead atoms. The van der Waals surface area contributed by atoms with Gasteiger partial charge in [-0.05, 0) is 24.4 Å². The van der Waals surface area contributed by atoms with Crippen molar-refractivity contribution in [3.8, 4) is 0 Å². The highest BCUT2D eigenvalue weighted by molar-refractivity contribution is 7.80. The van der Waals surface area contributed by atoms with Crippen LogP contribution < -0.4 is 16.2 Å². The molecule has 2 rings (SSSR count). The van der Waals surface area contributed by atoms with E-state index in [0.29, 0.717) is 5.11 Å². The molecule has 0 aromatic heterocycles. The standard InChI is InChI=1S/C11H15N5O2S/c12-13-11(19)15-7-5-14(6-8-15)9-1-3-10(4-2-9)16(17)18/h1-4H,5-8,12H2,(H,13,19). The number of nitro groups is 1. The van der Waals surface area contributed by atoms with E-state index in [1.54, 1.807) is 12.1 Å². The van der Waals surface area contributed by atoms with Crippen molar-refractivity contribution in [2.45, 2.75) is 0 Å². The van der Waals surface area contributed by atoms with Crippen LogP contribution in [0.5, 0.6) is 0 Å². The van der Waals surface area contributed by atoms with Gasteiger partial charge >= 0.3 is 0 Å². The number of hydrazine groups is 1. The molecule has 0 spiro atoms. The number of non-ortho nitro benzene ring substituents is 1. The summed E-state index contributed by atoms with van der Waals surface area (Å²) in [5.74, 6) is 5.28. The third-order valence-corrected chi connectivity index (χ3v) is 3.49. The van der Waals surface area contributed by atoms with Crippen molar-refractivity contribution in [3.63, 3.8) is 0 Å². The Morgan fingerprint density at radius 2 is 1.84 bits per heavy atom. The lowest BCUT2D eigenvalue weighted by Crippen LogP contribution is -2.53. The van der Waals surface area contributed by atoms with Gasteiger partial charge in [0.15, 0.2) is 5.11 Å². The Morgan fingerprint density at radius 1 is 1.26 bits per heavy atom. The lowest BCUT2D eigenvalue weighted by Gasteiger charge is -2.36. The SMILES string of the molecule is NNC(=S)N1CCN(c2ccc([N+](=O)[O-])cc2)CC1. The largest absolute Gasteiger partial charge is 0.368 e. The summed E-state index contributed by atoms with van der Waals surface area (Å²) < 4.78 is 0. The maximum atomic E-state index is 10.6. The zero-order chi connectivity index (χ0) is 13.8. The quantitative estimate of drug-likeness (QED) is 0.352. The third kappa shape index (κ3) is 3.09. The first-order chi connectivity index (χ1) is 9.11. The number of nitro benzene ring substituents is 1. The molecule has 0 aliphatic carbocycles. The number of piperazine rings is 1. The van der Waals surface area contributed by atoms with Crippen molar-refractivity contribution < 1.29 is 4.92 Å². The molecular formula is C11H15N5O2S. The van der Waals surface area contributed by atoms with Crippen LogP contribution in [0.2, 0.25) is 0 Å². The van der Waals surface area contributed by atoms with Crippen LogP contribution in [0.3, 0.4) is 0 Å². The average Bonchev–Trinajstić information content (AvgIpc) is 2.46. The summed E-state index contributed by atoms with van der Waals surface area (Å²) in [6.07, 6.45) is 0. The highest BCUT2D eigenvalue weighted by atomic mass is 32.1.